The highest BCUT2D eigenvalue weighted by Crippen LogP contribution is 2.38. The maximum atomic E-state index is 10.1. The first-order chi connectivity index (χ1) is 17.6. The van der Waals surface area contributed by atoms with E-state index < -0.39 is 10.8 Å². The van der Waals surface area contributed by atoms with E-state index in [0.717, 1.165) is 22.3 Å². The van der Waals surface area contributed by atoms with E-state index in [2.05, 4.69) is 36.4 Å². The topological polar surface area (TPSA) is 95.2 Å². The van der Waals surface area contributed by atoms with Gasteiger partial charge in [-0.25, -0.2) is 0 Å². The number of rotatable bonds is 2. The van der Waals surface area contributed by atoms with Gasteiger partial charge in [-0.3, -0.25) is 0 Å². The number of hydrogen-bond acceptors (Lipinski definition) is 4. The summed E-state index contributed by atoms with van der Waals surface area (Å²) in [5.74, 6) is 0. The van der Waals surface area contributed by atoms with Gasteiger partial charge in [0.05, 0.1) is 24.3 Å². The molecule has 0 unspecified atom stereocenters. The largest absolute Gasteiger partial charge is 0.196 e. The molecule has 4 heteroatoms. The Balaban J connectivity index is 1.94. The Morgan fingerprint density at radius 2 is 0.806 bits per heavy atom. The molecular weight excluding hydrogens is 440 g/mol. The number of hydrogen-bond donors (Lipinski definition) is 0. The fourth-order valence-electron chi connectivity index (χ4n) is 4.73. The molecule has 0 saturated carbocycles. The lowest BCUT2D eigenvalue weighted by molar-refractivity contribution is 0.624. The van der Waals surface area contributed by atoms with Crippen LogP contribution in [0.3, 0.4) is 0 Å². The molecule has 0 saturated heterocycles. The summed E-state index contributed by atoms with van der Waals surface area (Å²) in [6.07, 6.45) is 5.88. The molecule has 0 aromatic heterocycles. The lowest BCUT2D eigenvalue weighted by atomic mass is 9.75. The van der Waals surface area contributed by atoms with Gasteiger partial charge in [-0.1, -0.05) is 97.1 Å². The second kappa shape index (κ2) is 10.6. The van der Waals surface area contributed by atoms with E-state index in [1.54, 1.807) is 24.3 Å². The highest BCUT2D eigenvalue weighted by Gasteiger charge is 2.35. The summed E-state index contributed by atoms with van der Waals surface area (Å²) >= 11 is 0. The van der Waals surface area contributed by atoms with Crippen molar-refractivity contribution in [1.29, 1.82) is 21.0 Å². The number of nitriles is 4. The Labute approximate surface area is 212 Å². The summed E-state index contributed by atoms with van der Waals surface area (Å²) in [4.78, 5) is 0. The van der Waals surface area contributed by atoms with Crippen LogP contribution >= 0.6 is 0 Å². The van der Waals surface area contributed by atoms with E-state index in [4.69, 9.17) is 0 Å². The molecule has 0 heterocycles. The molecule has 2 aliphatic rings. The molecule has 0 radical (unpaired) electrons. The molecular formula is C32H24N4. The van der Waals surface area contributed by atoms with Gasteiger partial charge in [0.25, 0.3) is 0 Å². The maximum absolute atomic E-state index is 10.1. The third-order valence-corrected chi connectivity index (χ3v) is 6.83. The minimum absolute atomic E-state index is 0.319. The molecule has 4 nitrogen and oxygen atoms in total. The summed E-state index contributed by atoms with van der Waals surface area (Å²) in [6, 6.07) is 35.8. The minimum Gasteiger partial charge on any atom is -0.196 e. The van der Waals surface area contributed by atoms with Crippen molar-refractivity contribution in [2.24, 2.45) is 0 Å². The second-order valence-electron chi connectivity index (χ2n) is 8.88. The van der Waals surface area contributed by atoms with Crippen molar-refractivity contribution in [3.8, 4) is 24.3 Å². The van der Waals surface area contributed by atoms with Crippen LogP contribution in [0.25, 0.3) is 11.1 Å². The fraction of sp³-hybridized carbons (Fsp3) is 0.188. The number of nitrogens with zero attached hydrogens (tertiary/aromatic N) is 4. The summed E-state index contributed by atoms with van der Waals surface area (Å²) < 4.78 is 0. The van der Waals surface area contributed by atoms with Crippen LogP contribution in [-0.2, 0) is 10.8 Å². The fourth-order valence-corrected chi connectivity index (χ4v) is 4.73. The lowest BCUT2D eigenvalue weighted by Crippen LogP contribution is -2.24. The number of allylic oxidation sites excluding steroid dienone is 4. The summed E-state index contributed by atoms with van der Waals surface area (Å²) in [7, 11) is 0. The van der Waals surface area contributed by atoms with Crippen LogP contribution in [0.2, 0.25) is 0 Å². The number of benzene rings is 3. The molecule has 2 bridgehead atoms. The van der Waals surface area contributed by atoms with Crippen LogP contribution in [0, 0.1) is 45.3 Å². The molecule has 3 aromatic rings. The van der Waals surface area contributed by atoms with Crippen molar-refractivity contribution in [3.63, 3.8) is 0 Å². The molecule has 0 atom stereocenters. The SMILES string of the molecule is N#CC1(C#N)CC/C=C(c2ccccc2)\C(c2ccccc2)=C\CCC(C#N)(C#N)c2ccc1cc2. The van der Waals surface area contributed by atoms with E-state index in [1.165, 1.54) is 0 Å². The molecule has 172 valence electrons. The molecule has 36 heavy (non-hydrogen) atoms. The molecule has 0 amide bonds. The molecule has 3 aromatic carbocycles. The highest BCUT2D eigenvalue weighted by atomic mass is 14.4. The van der Waals surface area contributed by atoms with Gasteiger partial charge in [-0.05, 0) is 59.1 Å². The van der Waals surface area contributed by atoms with Gasteiger partial charge in [0.15, 0.2) is 10.8 Å². The first kappa shape index (κ1) is 24.2. The zero-order valence-corrected chi connectivity index (χ0v) is 19.9. The van der Waals surface area contributed by atoms with Gasteiger partial charge in [0.2, 0.25) is 0 Å². The van der Waals surface area contributed by atoms with Gasteiger partial charge < -0.3 is 0 Å². The molecule has 0 fully saturated rings. The minimum atomic E-state index is -1.33. The average molecular weight is 465 g/mol. The first-order valence-corrected chi connectivity index (χ1v) is 11.9. The van der Waals surface area contributed by atoms with Crippen molar-refractivity contribution < 1.29 is 0 Å². The van der Waals surface area contributed by atoms with Crippen LogP contribution in [-0.4, -0.2) is 0 Å². The molecule has 2 aliphatic carbocycles. The van der Waals surface area contributed by atoms with Crippen molar-refractivity contribution >= 4 is 11.1 Å². The van der Waals surface area contributed by atoms with Gasteiger partial charge in [-0.15, -0.1) is 0 Å². The zero-order valence-electron chi connectivity index (χ0n) is 19.9. The lowest BCUT2D eigenvalue weighted by Gasteiger charge is -2.23. The predicted octanol–water partition coefficient (Wildman–Crippen LogP) is 7.00. The zero-order chi connectivity index (χ0) is 25.4. The standard InChI is InChI=1S/C32H24N4/c33-21-31(22-34)19-7-13-29(25-9-3-1-4-10-25)30(26-11-5-2-6-12-26)14-8-20-32(23-35,24-36)28-17-15-27(31)16-18-28/h1-6,9-18H,7-8,19-20H2/b29-13-,30-14+. The van der Waals surface area contributed by atoms with E-state index in [-0.39, 0.29) is 0 Å². The Hall–Kier alpha value is -4.90. The third-order valence-electron chi connectivity index (χ3n) is 6.83. The van der Waals surface area contributed by atoms with Gasteiger partial charge in [-0.2, -0.15) is 21.0 Å². The predicted molar refractivity (Wildman–Crippen MR) is 140 cm³/mol. The Morgan fingerprint density at radius 1 is 0.472 bits per heavy atom. The van der Waals surface area contributed by atoms with Crippen LogP contribution in [0.1, 0.15) is 47.9 Å². The van der Waals surface area contributed by atoms with Crippen LogP contribution < -0.4 is 0 Å². The Kier molecular flexibility index (Phi) is 7.12. The van der Waals surface area contributed by atoms with Crippen LogP contribution in [0.15, 0.2) is 97.1 Å². The molecule has 0 N–H and O–H groups in total. The van der Waals surface area contributed by atoms with Crippen molar-refractivity contribution in [1.82, 2.24) is 0 Å². The maximum Gasteiger partial charge on any atom is 0.168 e. The molecule has 0 aliphatic heterocycles. The normalized spacial score (nSPS) is 19.4. The van der Waals surface area contributed by atoms with Crippen molar-refractivity contribution in [3.05, 3.63) is 119 Å². The molecule has 0 spiro atoms. The van der Waals surface area contributed by atoms with Gasteiger partial charge >= 0.3 is 0 Å². The third kappa shape index (κ3) is 4.55. The Bertz CT molecular complexity index is 1310. The molecule has 5 rings (SSSR count). The number of fused-ring (bicyclic) bond motifs is 9. The highest BCUT2D eigenvalue weighted by molar-refractivity contribution is 6.04. The second-order valence-corrected chi connectivity index (χ2v) is 8.88. The van der Waals surface area contributed by atoms with Gasteiger partial charge in [0.1, 0.15) is 0 Å². The average Bonchev–Trinajstić information content (AvgIpc) is 2.95. The summed E-state index contributed by atoms with van der Waals surface area (Å²) in [6.45, 7) is 0. The van der Waals surface area contributed by atoms with Crippen LogP contribution in [0.4, 0.5) is 0 Å². The van der Waals surface area contributed by atoms with E-state index in [1.807, 2.05) is 60.7 Å². The van der Waals surface area contributed by atoms with Crippen LogP contribution in [0.5, 0.6) is 0 Å². The Morgan fingerprint density at radius 3 is 1.11 bits per heavy atom. The summed E-state index contributed by atoms with van der Waals surface area (Å²) in [5.41, 5.74) is 2.52. The van der Waals surface area contributed by atoms with Crippen molar-refractivity contribution in [2.45, 2.75) is 36.5 Å². The van der Waals surface area contributed by atoms with E-state index >= 15 is 0 Å². The summed E-state index contributed by atoms with van der Waals surface area (Å²) in [5, 5.41) is 40.3. The quantitative estimate of drug-likeness (QED) is 0.408. The van der Waals surface area contributed by atoms with Crippen molar-refractivity contribution in [2.75, 3.05) is 0 Å². The first-order valence-electron chi connectivity index (χ1n) is 11.9. The smallest absolute Gasteiger partial charge is 0.168 e. The van der Waals surface area contributed by atoms with Gasteiger partial charge in [0, 0.05) is 0 Å². The monoisotopic (exact) mass is 464 g/mol. The van der Waals surface area contributed by atoms with E-state index in [9.17, 15) is 21.0 Å². The van der Waals surface area contributed by atoms with E-state index in [0.29, 0.717) is 36.8 Å².